The minimum atomic E-state index is -3.89. The highest BCUT2D eigenvalue weighted by Crippen LogP contribution is 2.39. The summed E-state index contributed by atoms with van der Waals surface area (Å²) in [5.74, 6) is 0.601. The topological polar surface area (TPSA) is 75.7 Å². The maximum Gasteiger partial charge on any atom is 0.262 e. The molecule has 0 bridgehead atoms. The largest absolute Gasteiger partial charge is 0.454 e. The fourth-order valence-electron chi connectivity index (χ4n) is 3.15. The van der Waals surface area contributed by atoms with E-state index in [0.29, 0.717) is 27.8 Å². The highest BCUT2D eigenvalue weighted by Gasteiger charge is 2.26. The van der Waals surface area contributed by atoms with Crippen molar-refractivity contribution >= 4 is 38.9 Å². The number of hydrogen-bond acceptors (Lipinski definition) is 4. The van der Waals surface area contributed by atoms with Crippen LogP contribution in [0.3, 0.4) is 0 Å². The van der Waals surface area contributed by atoms with Crippen LogP contribution in [0.15, 0.2) is 65.6 Å². The smallest absolute Gasteiger partial charge is 0.262 e. The molecule has 1 aliphatic heterocycles. The first-order valence-electron chi connectivity index (χ1n) is 8.74. The summed E-state index contributed by atoms with van der Waals surface area (Å²) in [7, 11) is -2.24. The lowest BCUT2D eigenvalue weighted by Crippen LogP contribution is -2.25. The molecule has 0 saturated heterocycles. The lowest BCUT2D eigenvalue weighted by atomic mass is 10.1. The minimum absolute atomic E-state index is 0.0760. The number of rotatable bonds is 3. The van der Waals surface area contributed by atoms with E-state index < -0.39 is 10.0 Å². The third kappa shape index (κ3) is 3.54. The van der Waals surface area contributed by atoms with E-state index in [0.717, 1.165) is 0 Å². The number of nitrogens with one attached hydrogen (secondary N) is 1. The molecular weight excluding hydrogens is 412 g/mol. The predicted octanol–water partition coefficient (Wildman–Crippen LogP) is 4.83. The number of carbonyl (C=O) groups excluding carboxylic acids is 1. The lowest BCUT2D eigenvalue weighted by Gasteiger charge is -2.16. The summed E-state index contributed by atoms with van der Waals surface area (Å²) in [6.07, 6.45) is 0. The number of sulfonamides is 1. The van der Waals surface area contributed by atoms with Gasteiger partial charge in [0.2, 0.25) is 0 Å². The second-order valence-electron chi connectivity index (χ2n) is 6.66. The number of fused-ring (bicyclic) bond motifs is 2. The van der Waals surface area contributed by atoms with Gasteiger partial charge < -0.3 is 9.64 Å². The van der Waals surface area contributed by atoms with E-state index in [-0.39, 0.29) is 22.1 Å². The van der Waals surface area contributed by atoms with Gasteiger partial charge in [-0.25, -0.2) is 8.42 Å². The number of anilines is 2. The van der Waals surface area contributed by atoms with E-state index in [2.05, 4.69) is 4.72 Å². The quantitative estimate of drug-likeness (QED) is 0.648. The molecule has 29 heavy (non-hydrogen) atoms. The number of nitrogens with zero attached hydrogens (tertiary/aromatic N) is 1. The molecule has 0 fully saturated rings. The Labute approximate surface area is 173 Å². The number of ether oxygens (including phenoxy) is 1. The Hall–Kier alpha value is -3.03. The van der Waals surface area contributed by atoms with Gasteiger partial charge in [-0.1, -0.05) is 29.8 Å². The molecule has 1 N–H and O–H groups in total. The fraction of sp³-hybridized carbons (Fsp3) is 0.0952. The van der Waals surface area contributed by atoms with Crippen molar-refractivity contribution in [3.8, 4) is 11.5 Å². The first kappa shape index (κ1) is 19.3. The Kier molecular flexibility index (Phi) is 4.72. The molecule has 0 saturated carbocycles. The Balaban J connectivity index is 1.72. The lowest BCUT2D eigenvalue weighted by molar-refractivity contribution is 0.0993. The Morgan fingerprint density at radius 2 is 1.76 bits per heavy atom. The van der Waals surface area contributed by atoms with Crippen molar-refractivity contribution in [1.29, 1.82) is 0 Å². The molecular formula is C21H17ClN2O4S. The van der Waals surface area contributed by atoms with Crippen molar-refractivity contribution in [3.05, 3.63) is 76.8 Å². The summed E-state index contributed by atoms with van der Waals surface area (Å²) in [6, 6.07) is 16.4. The Bertz CT molecular complexity index is 1240. The number of para-hydroxylation sites is 2. The second kappa shape index (κ2) is 7.09. The molecule has 1 aliphatic rings. The zero-order chi connectivity index (χ0) is 20.8. The van der Waals surface area contributed by atoms with Gasteiger partial charge in [-0.15, -0.1) is 0 Å². The van der Waals surface area contributed by atoms with E-state index in [4.69, 9.17) is 16.3 Å². The molecule has 6 nitrogen and oxygen atoms in total. The molecule has 1 amide bonds. The van der Waals surface area contributed by atoms with Crippen LogP contribution in [0.25, 0.3) is 0 Å². The standard InChI is InChI=1S/C21H17ClN2O4S/c1-13-7-8-14(22)11-20(13)29(26,27)23-15-9-10-18-16(12-15)21(25)24(2)17-5-3-4-6-19(17)28-18/h3-12,23H,1-2H3. The molecule has 0 aromatic heterocycles. The van der Waals surface area contributed by atoms with Crippen molar-refractivity contribution in [2.45, 2.75) is 11.8 Å². The molecule has 3 aromatic rings. The van der Waals surface area contributed by atoms with Crippen LogP contribution in [0, 0.1) is 6.92 Å². The number of benzene rings is 3. The number of amides is 1. The highest BCUT2D eigenvalue weighted by molar-refractivity contribution is 7.92. The Morgan fingerprint density at radius 1 is 1.00 bits per heavy atom. The van der Waals surface area contributed by atoms with Crippen LogP contribution in [-0.2, 0) is 10.0 Å². The van der Waals surface area contributed by atoms with Crippen molar-refractivity contribution in [2.24, 2.45) is 0 Å². The van der Waals surface area contributed by atoms with Gasteiger partial charge in [0.05, 0.1) is 16.1 Å². The van der Waals surface area contributed by atoms with Crippen LogP contribution in [0.1, 0.15) is 15.9 Å². The van der Waals surface area contributed by atoms with Crippen LogP contribution in [0.5, 0.6) is 11.5 Å². The van der Waals surface area contributed by atoms with Crippen LogP contribution in [-0.4, -0.2) is 21.4 Å². The molecule has 0 radical (unpaired) electrons. The zero-order valence-corrected chi connectivity index (χ0v) is 17.2. The van der Waals surface area contributed by atoms with Gasteiger partial charge in [-0.2, -0.15) is 0 Å². The average molecular weight is 429 g/mol. The maximum absolute atomic E-state index is 12.9. The van der Waals surface area contributed by atoms with Gasteiger partial charge in [-0.05, 0) is 55.0 Å². The third-order valence-corrected chi connectivity index (χ3v) is 6.41. The van der Waals surface area contributed by atoms with Gasteiger partial charge in [0, 0.05) is 17.8 Å². The molecule has 8 heteroatoms. The monoisotopic (exact) mass is 428 g/mol. The summed E-state index contributed by atoms with van der Waals surface area (Å²) in [5, 5.41) is 0.320. The number of aryl methyl sites for hydroxylation is 1. The molecule has 0 unspecified atom stereocenters. The summed E-state index contributed by atoms with van der Waals surface area (Å²) in [5.41, 5.74) is 1.70. The SMILES string of the molecule is Cc1ccc(Cl)cc1S(=O)(=O)Nc1ccc2c(c1)C(=O)N(C)c1ccccc1O2. The fourth-order valence-corrected chi connectivity index (χ4v) is 4.71. The van der Waals surface area contributed by atoms with E-state index in [1.807, 2.05) is 12.1 Å². The van der Waals surface area contributed by atoms with E-state index in [9.17, 15) is 13.2 Å². The first-order chi connectivity index (χ1) is 13.8. The summed E-state index contributed by atoms with van der Waals surface area (Å²) < 4.78 is 34.1. The second-order valence-corrected chi connectivity index (χ2v) is 8.75. The molecule has 3 aromatic carbocycles. The molecule has 4 rings (SSSR count). The summed E-state index contributed by atoms with van der Waals surface area (Å²) >= 11 is 5.96. The van der Waals surface area contributed by atoms with Crippen molar-refractivity contribution in [1.82, 2.24) is 0 Å². The van der Waals surface area contributed by atoms with Gasteiger partial charge in [0.15, 0.2) is 5.75 Å². The predicted molar refractivity (Wildman–Crippen MR) is 113 cm³/mol. The molecule has 0 spiro atoms. The van der Waals surface area contributed by atoms with Gasteiger partial charge >= 0.3 is 0 Å². The van der Waals surface area contributed by atoms with Crippen molar-refractivity contribution in [3.63, 3.8) is 0 Å². The van der Waals surface area contributed by atoms with Crippen molar-refractivity contribution in [2.75, 3.05) is 16.7 Å². The normalized spacial score (nSPS) is 13.2. The number of halogens is 1. The third-order valence-electron chi connectivity index (χ3n) is 4.65. The van der Waals surface area contributed by atoms with Crippen LogP contribution in [0.2, 0.25) is 5.02 Å². The van der Waals surface area contributed by atoms with Gasteiger partial charge in [0.25, 0.3) is 15.9 Å². The first-order valence-corrected chi connectivity index (χ1v) is 10.6. The van der Waals surface area contributed by atoms with Gasteiger partial charge in [0.1, 0.15) is 5.75 Å². The van der Waals surface area contributed by atoms with Crippen LogP contribution in [0.4, 0.5) is 11.4 Å². The molecule has 0 aliphatic carbocycles. The van der Waals surface area contributed by atoms with Crippen LogP contribution >= 0.6 is 11.6 Å². The maximum atomic E-state index is 12.9. The molecule has 1 heterocycles. The van der Waals surface area contributed by atoms with Crippen molar-refractivity contribution < 1.29 is 17.9 Å². The van der Waals surface area contributed by atoms with E-state index in [1.165, 1.54) is 17.0 Å². The molecule has 0 atom stereocenters. The minimum Gasteiger partial charge on any atom is -0.454 e. The zero-order valence-electron chi connectivity index (χ0n) is 15.6. The van der Waals surface area contributed by atoms with E-state index in [1.54, 1.807) is 50.4 Å². The van der Waals surface area contributed by atoms with Crippen LogP contribution < -0.4 is 14.4 Å². The van der Waals surface area contributed by atoms with E-state index >= 15 is 0 Å². The highest BCUT2D eigenvalue weighted by atomic mass is 35.5. The summed E-state index contributed by atoms with van der Waals surface area (Å²) in [4.78, 5) is 14.5. The molecule has 148 valence electrons. The number of hydrogen-bond donors (Lipinski definition) is 1. The Morgan fingerprint density at radius 3 is 2.55 bits per heavy atom. The average Bonchev–Trinajstić information content (AvgIpc) is 2.79. The summed E-state index contributed by atoms with van der Waals surface area (Å²) in [6.45, 7) is 1.69. The number of carbonyl (C=O) groups is 1. The van der Waals surface area contributed by atoms with Gasteiger partial charge in [-0.3, -0.25) is 9.52 Å².